The summed E-state index contributed by atoms with van der Waals surface area (Å²) in [5.74, 6) is -0.450. The van der Waals surface area contributed by atoms with Crippen LogP contribution in [0.15, 0.2) is 18.2 Å². The zero-order valence-electron chi connectivity index (χ0n) is 12.4. The summed E-state index contributed by atoms with van der Waals surface area (Å²) in [6.45, 7) is 5.47. The fourth-order valence-corrected chi connectivity index (χ4v) is 2.86. The van der Waals surface area contributed by atoms with E-state index in [1.54, 1.807) is 19.1 Å². The fraction of sp³-hybridized carbons (Fsp3) is 0.333. The minimum Gasteiger partial charge on any atom is -0.494 e. The number of hydrogen-bond donors (Lipinski definition) is 1. The number of aryl methyl sites for hydroxylation is 2. The van der Waals surface area contributed by atoms with Crippen LogP contribution in [0.3, 0.4) is 0 Å². The molecule has 0 saturated heterocycles. The molecule has 0 aliphatic carbocycles. The summed E-state index contributed by atoms with van der Waals surface area (Å²) in [5, 5.41) is 3.70. The summed E-state index contributed by atoms with van der Waals surface area (Å²) in [6, 6.07) is 4.35. The molecule has 4 nitrogen and oxygen atoms in total. The molecular weight excluding hydrogens is 291 g/mol. The van der Waals surface area contributed by atoms with E-state index in [0.717, 1.165) is 5.01 Å². The van der Waals surface area contributed by atoms with E-state index in [0.29, 0.717) is 16.1 Å². The van der Waals surface area contributed by atoms with Crippen molar-refractivity contribution in [3.63, 3.8) is 0 Å². The highest BCUT2D eigenvalue weighted by molar-refractivity contribution is 7.13. The molecule has 2 rings (SSSR count). The lowest BCUT2D eigenvalue weighted by molar-refractivity contribution is 0.0943. The number of benzene rings is 1. The van der Waals surface area contributed by atoms with E-state index in [1.165, 1.54) is 24.5 Å². The molecule has 1 aromatic heterocycles. The van der Waals surface area contributed by atoms with Crippen molar-refractivity contribution in [2.24, 2.45) is 0 Å². The van der Waals surface area contributed by atoms with Gasteiger partial charge in [-0.05, 0) is 38.5 Å². The van der Waals surface area contributed by atoms with E-state index in [4.69, 9.17) is 4.74 Å². The third-order valence-electron chi connectivity index (χ3n) is 3.13. The number of halogens is 1. The van der Waals surface area contributed by atoms with E-state index >= 15 is 0 Å². The molecule has 1 atom stereocenters. The number of nitrogens with one attached hydrogen (secondary N) is 1. The SMILES string of the molecule is COc1ccc([C@@H](C)NC(=O)c2sc(C)nc2C)cc1F. The Morgan fingerprint density at radius 3 is 2.67 bits per heavy atom. The smallest absolute Gasteiger partial charge is 0.263 e. The van der Waals surface area contributed by atoms with Gasteiger partial charge in [-0.2, -0.15) is 0 Å². The largest absolute Gasteiger partial charge is 0.494 e. The molecule has 1 amide bonds. The Labute approximate surface area is 127 Å². The van der Waals surface area contributed by atoms with Crippen LogP contribution in [-0.4, -0.2) is 18.0 Å². The molecule has 21 heavy (non-hydrogen) atoms. The van der Waals surface area contributed by atoms with Crippen LogP contribution in [0.4, 0.5) is 4.39 Å². The predicted octanol–water partition coefficient (Wildman–Crippen LogP) is 3.40. The minimum atomic E-state index is -0.444. The highest BCUT2D eigenvalue weighted by Crippen LogP contribution is 2.23. The zero-order chi connectivity index (χ0) is 15.6. The summed E-state index contributed by atoms with van der Waals surface area (Å²) in [6.07, 6.45) is 0. The van der Waals surface area contributed by atoms with Crippen molar-refractivity contribution >= 4 is 17.2 Å². The topological polar surface area (TPSA) is 51.2 Å². The molecule has 6 heteroatoms. The van der Waals surface area contributed by atoms with Crippen LogP contribution in [0.2, 0.25) is 0 Å². The van der Waals surface area contributed by atoms with E-state index in [-0.39, 0.29) is 17.7 Å². The lowest BCUT2D eigenvalue weighted by Crippen LogP contribution is -2.26. The summed E-state index contributed by atoms with van der Waals surface area (Å²) in [5.41, 5.74) is 1.39. The van der Waals surface area contributed by atoms with E-state index < -0.39 is 5.82 Å². The van der Waals surface area contributed by atoms with Crippen LogP contribution in [0.5, 0.6) is 5.75 Å². The Bertz CT molecular complexity index is 670. The maximum absolute atomic E-state index is 13.7. The van der Waals surface area contributed by atoms with Gasteiger partial charge in [0.05, 0.1) is 23.9 Å². The number of rotatable bonds is 4. The first kappa shape index (κ1) is 15.4. The number of amides is 1. The molecule has 0 bridgehead atoms. The van der Waals surface area contributed by atoms with E-state index in [1.807, 2.05) is 13.8 Å². The van der Waals surface area contributed by atoms with Crippen LogP contribution in [0.1, 0.15) is 38.9 Å². The first-order valence-corrected chi connectivity index (χ1v) is 7.32. The Kier molecular flexibility index (Phi) is 4.57. The number of methoxy groups -OCH3 is 1. The van der Waals surface area contributed by atoms with Crippen molar-refractivity contribution in [2.75, 3.05) is 7.11 Å². The number of nitrogens with zero attached hydrogens (tertiary/aromatic N) is 1. The molecule has 0 saturated carbocycles. The Morgan fingerprint density at radius 2 is 2.14 bits per heavy atom. The lowest BCUT2D eigenvalue weighted by atomic mass is 10.1. The van der Waals surface area contributed by atoms with Gasteiger partial charge in [-0.1, -0.05) is 6.07 Å². The van der Waals surface area contributed by atoms with Crippen molar-refractivity contribution in [3.05, 3.63) is 45.2 Å². The molecule has 0 unspecified atom stereocenters. The standard InChI is InChI=1S/C15H17FN2O2S/c1-8(11-5-6-13(20-4)12(16)7-11)18-15(19)14-9(2)17-10(3)21-14/h5-8H,1-4H3,(H,18,19)/t8-/m1/s1. The Hall–Kier alpha value is -1.95. The minimum absolute atomic E-state index is 0.186. The third kappa shape index (κ3) is 3.39. The Morgan fingerprint density at radius 1 is 1.43 bits per heavy atom. The van der Waals surface area contributed by atoms with E-state index in [9.17, 15) is 9.18 Å². The average molecular weight is 308 g/mol. The second-order valence-electron chi connectivity index (χ2n) is 4.74. The molecule has 1 N–H and O–H groups in total. The Balaban J connectivity index is 2.14. The van der Waals surface area contributed by atoms with Crippen molar-refractivity contribution in [1.29, 1.82) is 0 Å². The molecule has 1 aromatic carbocycles. The van der Waals surface area contributed by atoms with Crippen LogP contribution in [0.25, 0.3) is 0 Å². The number of carbonyl (C=O) groups is 1. The molecular formula is C15H17FN2O2S. The molecule has 0 spiro atoms. The number of thiazole rings is 1. The fourth-order valence-electron chi connectivity index (χ4n) is 2.04. The highest BCUT2D eigenvalue weighted by Gasteiger charge is 2.17. The number of hydrogen-bond acceptors (Lipinski definition) is 4. The van der Waals surface area contributed by atoms with Gasteiger partial charge in [-0.25, -0.2) is 9.37 Å². The van der Waals surface area contributed by atoms with Gasteiger partial charge in [0.15, 0.2) is 11.6 Å². The van der Waals surface area contributed by atoms with Crippen LogP contribution in [0, 0.1) is 19.7 Å². The van der Waals surface area contributed by atoms with Crippen LogP contribution < -0.4 is 10.1 Å². The van der Waals surface area contributed by atoms with Crippen molar-refractivity contribution in [1.82, 2.24) is 10.3 Å². The molecule has 0 fully saturated rings. The van der Waals surface area contributed by atoms with Crippen molar-refractivity contribution in [3.8, 4) is 5.75 Å². The van der Waals surface area contributed by atoms with Gasteiger partial charge in [0.1, 0.15) is 4.88 Å². The van der Waals surface area contributed by atoms with Gasteiger partial charge in [-0.15, -0.1) is 11.3 Å². The second kappa shape index (κ2) is 6.22. The highest BCUT2D eigenvalue weighted by atomic mass is 32.1. The molecule has 112 valence electrons. The molecule has 1 heterocycles. The van der Waals surface area contributed by atoms with Gasteiger partial charge in [0.25, 0.3) is 5.91 Å². The molecule has 0 radical (unpaired) electrons. The zero-order valence-corrected chi connectivity index (χ0v) is 13.2. The first-order valence-electron chi connectivity index (χ1n) is 6.50. The first-order chi connectivity index (χ1) is 9.92. The van der Waals surface area contributed by atoms with Crippen LogP contribution >= 0.6 is 11.3 Å². The van der Waals surface area contributed by atoms with Crippen molar-refractivity contribution in [2.45, 2.75) is 26.8 Å². The average Bonchev–Trinajstić information content (AvgIpc) is 2.77. The molecule has 0 aliphatic rings. The number of ether oxygens (including phenoxy) is 1. The van der Waals surface area contributed by atoms with Crippen molar-refractivity contribution < 1.29 is 13.9 Å². The monoisotopic (exact) mass is 308 g/mol. The van der Waals surface area contributed by atoms with Gasteiger partial charge in [0.2, 0.25) is 0 Å². The van der Waals surface area contributed by atoms with Gasteiger partial charge in [-0.3, -0.25) is 4.79 Å². The van der Waals surface area contributed by atoms with Crippen LogP contribution in [-0.2, 0) is 0 Å². The maximum Gasteiger partial charge on any atom is 0.263 e. The lowest BCUT2D eigenvalue weighted by Gasteiger charge is -2.14. The summed E-state index contributed by atoms with van der Waals surface area (Å²) >= 11 is 1.35. The van der Waals surface area contributed by atoms with Gasteiger partial charge >= 0.3 is 0 Å². The molecule has 2 aromatic rings. The van der Waals surface area contributed by atoms with Gasteiger partial charge in [0, 0.05) is 0 Å². The maximum atomic E-state index is 13.7. The molecule has 0 aliphatic heterocycles. The normalized spacial score (nSPS) is 12.0. The summed E-state index contributed by atoms with van der Waals surface area (Å²) < 4.78 is 18.6. The summed E-state index contributed by atoms with van der Waals surface area (Å²) in [7, 11) is 1.41. The summed E-state index contributed by atoms with van der Waals surface area (Å²) in [4.78, 5) is 17.0. The number of carbonyl (C=O) groups excluding carboxylic acids is 1. The third-order valence-corrected chi connectivity index (χ3v) is 4.20. The number of aromatic nitrogens is 1. The van der Waals surface area contributed by atoms with Gasteiger partial charge < -0.3 is 10.1 Å². The van der Waals surface area contributed by atoms with E-state index in [2.05, 4.69) is 10.3 Å². The quantitative estimate of drug-likeness (QED) is 0.942. The predicted molar refractivity (Wildman–Crippen MR) is 80.4 cm³/mol. The second-order valence-corrected chi connectivity index (χ2v) is 5.94.